The molecule has 0 saturated heterocycles. The van der Waals surface area contributed by atoms with Crippen LogP contribution in [0.25, 0.3) is 21.7 Å². The number of carbonyl (C=O) groups excluding carboxylic acids is 2. The second-order valence-corrected chi connectivity index (χ2v) is 9.32. The van der Waals surface area contributed by atoms with Crippen molar-refractivity contribution in [1.82, 2.24) is 10.9 Å². The second kappa shape index (κ2) is 7.91. The van der Waals surface area contributed by atoms with Crippen LogP contribution in [0.15, 0.2) is 70.0 Å². The van der Waals surface area contributed by atoms with Gasteiger partial charge in [-0.3, -0.25) is 24.7 Å². The lowest BCUT2D eigenvalue weighted by atomic mass is 10.1. The second-order valence-electron chi connectivity index (χ2n) is 7.48. The minimum atomic E-state index is -3.89. The molecule has 5 rings (SSSR count). The van der Waals surface area contributed by atoms with Gasteiger partial charge < -0.3 is 9.15 Å². The largest absolute Gasteiger partial charge is 0.450 e. The highest BCUT2D eigenvalue weighted by molar-refractivity contribution is 7.93. The van der Waals surface area contributed by atoms with Crippen molar-refractivity contribution in [3.63, 3.8) is 0 Å². The molecule has 0 aliphatic carbocycles. The van der Waals surface area contributed by atoms with Crippen LogP contribution < -0.4 is 15.2 Å². The SMILES string of the molecule is COCc1c(C(=O)NNC(=O)CN2c3cccc4cccc(c34)S2(=O)=O)oc2ccccc12. The molecule has 0 radical (unpaired) electrons. The molecular formula is C23H19N3O6S. The number of nitrogens with one attached hydrogen (secondary N) is 2. The van der Waals surface area contributed by atoms with E-state index < -0.39 is 28.4 Å². The number of para-hydroxylation sites is 1. The van der Waals surface area contributed by atoms with E-state index in [4.69, 9.17) is 9.15 Å². The Morgan fingerprint density at radius 3 is 2.55 bits per heavy atom. The van der Waals surface area contributed by atoms with Crippen LogP contribution >= 0.6 is 0 Å². The molecule has 0 unspecified atom stereocenters. The molecule has 0 spiro atoms. The monoisotopic (exact) mass is 465 g/mol. The van der Waals surface area contributed by atoms with Crippen molar-refractivity contribution in [3.8, 4) is 0 Å². The van der Waals surface area contributed by atoms with E-state index in [1.165, 1.54) is 13.2 Å². The maximum atomic E-state index is 13.0. The first-order valence-electron chi connectivity index (χ1n) is 10.0. The summed E-state index contributed by atoms with van der Waals surface area (Å²) in [6, 6.07) is 17.3. The molecule has 1 aromatic heterocycles. The fourth-order valence-corrected chi connectivity index (χ4v) is 5.72. The van der Waals surface area contributed by atoms with Crippen LogP contribution in [0.2, 0.25) is 0 Å². The lowest BCUT2D eigenvalue weighted by Crippen LogP contribution is -2.47. The molecule has 1 aliphatic rings. The normalized spacial score (nSPS) is 14.0. The number of hydrogen-bond acceptors (Lipinski definition) is 6. The quantitative estimate of drug-likeness (QED) is 0.438. The van der Waals surface area contributed by atoms with Crippen LogP contribution in [0, 0.1) is 0 Å². The van der Waals surface area contributed by atoms with Crippen LogP contribution in [0.4, 0.5) is 5.69 Å². The molecular weight excluding hydrogens is 446 g/mol. The summed E-state index contributed by atoms with van der Waals surface area (Å²) >= 11 is 0. The van der Waals surface area contributed by atoms with Gasteiger partial charge in [-0.05, 0) is 23.6 Å². The Bertz CT molecular complexity index is 1520. The maximum Gasteiger partial charge on any atom is 0.305 e. The van der Waals surface area contributed by atoms with E-state index in [9.17, 15) is 18.0 Å². The highest BCUT2D eigenvalue weighted by Gasteiger charge is 2.36. The minimum absolute atomic E-state index is 0.00400. The number of ether oxygens (including phenoxy) is 1. The summed E-state index contributed by atoms with van der Waals surface area (Å²) < 4.78 is 37.9. The number of hydrogen-bond donors (Lipinski definition) is 2. The van der Waals surface area contributed by atoms with Gasteiger partial charge in [-0.2, -0.15) is 0 Å². The standard InChI is InChI=1S/C23H19N3O6S/c1-31-13-16-15-8-2-3-10-18(15)32-22(16)23(28)25-24-20(27)12-26-17-9-4-6-14-7-5-11-19(21(14)17)33(26,29)30/h2-11H,12-13H2,1H3,(H,24,27)(H,25,28). The molecule has 9 nitrogen and oxygen atoms in total. The molecule has 10 heteroatoms. The molecule has 0 fully saturated rings. The smallest absolute Gasteiger partial charge is 0.305 e. The molecule has 0 bridgehead atoms. The zero-order valence-electron chi connectivity index (χ0n) is 17.5. The van der Waals surface area contributed by atoms with Crippen LogP contribution in [0.3, 0.4) is 0 Å². The Labute approximate surface area is 188 Å². The predicted molar refractivity (Wildman–Crippen MR) is 121 cm³/mol. The van der Waals surface area contributed by atoms with Crippen LogP contribution in [-0.4, -0.2) is 33.9 Å². The summed E-state index contributed by atoms with van der Waals surface area (Å²) in [6.07, 6.45) is 0. The van der Waals surface area contributed by atoms with Gasteiger partial charge in [0, 0.05) is 23.4 Å². The topological polar surface area (TPSA) is 118 Å². The Morgan fingerprint density at radius 1 is 1.00 bits per heavy atom. The number of hydrazine groups is 1. The molecule has 2 amide bonds. The van der Waals surface area contributed by atoms with Crippen molar-refractivity contribution in [2.24, 2.45) is 0 Å². The first kappa shape index (κ1) is 21.0. The number of carbonyl (C=O) groups is 2. The highest BCUT2D eigenvalue weighted by atomic mass is 32.2. The third kappa shape index (κ3) is 3.40. The first-order valence-corrected chi connectivity index (χ1v) is 11.5. The number of sulfonamides is 1. The Hall–Kier alpha value is -3.89. The summed E-state index contributed by atoms with van der Waals surface area (Å²) in [5.74, 6) is -1.38. The summed E-state index contributed by atoms with van der Waals surface area (Å²) in [5.41, 5.74) is 6.04. The number of anilines is 1. The van der Waals surface area contributed by atoms with Crippen molar-refractivity contribution >= 4 is 49.3 Å². The average molecular weight is 465 g/mol. The van der Waals surface area contributed by atoms with E-state index in [0.29, 0.717) is 22.2 Å². The molecule has 4 aromatic rings. The molecule has 1 aliphatic heterocycles. The van der Waals surface area contributed by atoms with Gasteiger partial charge in [0.05, 0.1) is 17.2 Å². The number of nitrogens with zero attached hydrogens (tertiary/aromatic N) is 1. The summed E-state index contributed by atoms with van der Waals surface area (Å²) in [6.45, 7) is -0.358. The molecule has 33 heavy (non-hydrogen) atoms. The Kier molecular flexibility index (Phi) is 5.03. The minimum Gasteiger partial charge on any atom is -0.450 e. The van der Waals surface area contributed by atoms with Crippen LogP contribution in [0.1, 0.15) is 16.1 Å². The molecule has 2 heterocycles. The van der Waals surface area contributed by atoms with Gasteiger partial charge in [0.1, 0.15) is 12.1 Å². The molecule has 0 atom stereocenters. The van der Waals surface area contributed by atoms with Gasteiger partial charge in [0.25, 0.3) is 15.9 Å². The van der Waals surface area contributed by atoms with E-state index in [1.54, 1.807) is 36.4 Å². The fraction of sp³-hybridized carbons (Fsp3) is 0.130. The van der Waals surface area contributed by atoms with Gasteiger partial charge in [0.15, 0.2) is 5.76 Å². The average Bonchev–Trinajstić information content (AvgIpc) is 3.28. The summed E-state index contributed by atoms with van der Waals surface area (Å²) in [7, 11) is -2.39. The van der Waals surface area contributed by atoms with Gasteiger partial charge in [-0.1, -0.05) is 42.5 Å². The summed E-state index contributed by atoms with van der Waals surface area (Å²) in [4.78, 5) is 25.4. The number of methoxy groups -OCH3 is 1. The van der Waals surface area contributed by atoms with E-state index >= 15 is 0 Å². The number of furan rings is 1. The number of rotatable bonds is 5. The first-order chi connectivity index (χ1) is 15.9. The number of fused-ring (bicyclic) bond motifs is 1. The summed E-state index contributed by atoms with van der Waals surface area (Å²) in [5, 5.41) is 2.06. The number of amides is 2. The van der Waals surface area contributed by atoms with Crippen LogP contribution in [-0.2, 0) is 26.2 Å². The molecule has 0 saturated carbocycles. The van der Waals surface area contributed by atoms with Gasteiger partial charge >= 0.3 is 5.91 Å². The van der Waals surface area contributed by atoms with E-state index in [1.807, 2.05) is 18.2 Å². The van der Waals surface area contributed by atoms with Crippen molar-refractivity contribution in [3.05, 3.63) is 72.0 Å². The van der Waals surface area contributed by atoms with Gasteiger partial charge in [0.2, 0.25) is 0 Å². The van der Waals surface area contributed by atoms with Gasteiger partial charge in [-0.15, -0.1) is 0 Å². The van der Waals surface area contributed by atoms with E-state index in [2.05, 4.69) is 10.9 Å². The molecule has 2 N–H and O–H groups in total. The Balaban J connectivity index is 1.34. The van der Waals surface area contributed by atoms with E-state index in [0.717, 1.165) is 15.1 Å². The van der Waals surface area contributed by atoms with Crippen molar-refractivity contribution in [2.45, 2.75) is 11.5 Å². The Morgan fingerprint density at radius 2 is 1.76 bits per heavy atom. The zero-order chi connectivity index (χ0) is 23.2. The van der Waals surface area contributed by atoms with Gasteiger partial charge in [-0.25, -0.2) is 8.42 Å². The molecule has 168 valence electrons. The maximum absolute atomic E-state index is 13.0. The lowest BCUT2D eigenvalue weighted by Gasteiger charge is -2.18. The van der Waals surface area contributed by atoms with Crippen LogP contribution in [0.5, 0.6) is 0 Å². The highest BCUT2D eigenvalue weighted by Crippen LogP contribution is 2.41. The van der Waals surface area contributed by atoms with Crippen molar-refractivity contribution in [2.75, 3.05) is 18.0 Å². The lowest BCUT2D eigenvalue weighted by molar-refractivity contribution is -0.120. The third-order valence-electron chi connectivity index (χ3n) is 5.48. The predicted octanol–water partition coefficient (Wildman–Crippen LogP) is 2.70. The number of benzene rings is 3. The zero-order valence-corrected chi connectivity index (χ0v) is 18.3. The van der Waals surface area contributed by atoms with Crippen molar-refractivity contribution < 1.29 is 27.2 Å². The fourth-order valence-electron chi connectivity index (χ4n) is 4.05. The van der Waals surface area contributed by atoms with E-state index in [-0.39, 0.29) is 17.3 Å². The van der Waals surface area contributed by atoms with Crippen molar-refractivity contribution in [1.29, 1.82) is 0 Å². The molecule has 3 aromatic carbocycles. The third-order valence-corrected chi connectivity index (χ3v) is 7.28.